The number of methoxy groups -OCH3 is 2. The molecular weight excluding hydrogens is 326 g/mol. The van der Waals surface area contributed by atoms with E-state index in [4.69, 9.17) is 9.47 Å². The molecule has 9 nitrogen and oxygen atoms in total. The normalized spacial score (nSPS) is 11.9. The topological polar surface area (TPSA) is 84.7 Å². The van der Waals surface area contributed by atoms with Crippen LogP contribution >= 0.6 is 0 Å². The second-order valence-corrected chi connectivity index (χ2v) is 6.03. The van der Waals surface area contributed by atoms with Crippen molar-refractivity contribution in [3.8, 4) is 0 Å². The monoisotopic (exact) mass is 349 g/mol. The van der Waals surface area contributed by atoms with Crippen molar-refractivity contribution < 1.29 is 9.47 Å². The third-order valence-corrected chi connectivity index (χ3v) is 4.67. The number of hydrogen-bond donors (Lipinski definition) is 0. The first-order valence-corrected chi connectivity index (χ1v) is 8.09. The molecule has 3 heterocycles. The lowest BCUT2D eigenvalue weighted by Crippen LogP contribution is -2.40. The van der Waals surface area contributed by atoms with Gasteiger partial charge in [0.1, 0.15) is 0 Å². The summed E-state index contributed by atoms with van der Waals surface area (Å²) in [5.74, 6) is 0.638. The van der Waals surface area contributed by atoms with Gasteiger partial charge in [-0.15, -0.1) is 0 Å². The predicted molar refractivity (Wildman–Crippen MR) is 93.4 cm³/mol. The minimum atomic E-state index is -0.395. The van der Waals surface area contributed by atoms with Crippen molar-refractivity contribution in [1.29, 1.82) is 0 Å². The number of ether oxygens (including phenoxy) is 2. The van der Waals surface area contributed by atoms with Gasteiger partial charge in [0.15, 0.2) is 11.2 Å². The molecule has 0 bridgehead atoms. The van der Waals surface area contributed by atoms with Gasteiger partial charge >= 0.3 is 5.69 Å². The molecule has 3 rings (SSSR count). The Hall–Kier alpha value is -2.39. The summed E-state index contributed by atoms with van der Waals surface area (Å²) in [6.45, 7) is 5.57. The Morgan fingerprint density at radius 1 is 0.960 bits per heavy atom. The highest BCUT2D eigenvalue weighted by molar-refractivity contribution is 5.76. The minimum Gasteiger partial charge on any atom is -0.383 e. The predicted octanol–water partition coefficient (Wildman–Crippen LogP) is 0.0590. The molecule has 0 aliphatic rings. The molecule has 0 unspecified atom stereocenters. The molecule has 136 valence electrons. The summed E-state index contributed by atoms with van der Waals surface area (Å²) in [6.07, 6.45) is 0. The first-order valence-electron chi connectivity index (χ1n) is 8.09. The molecule has 9 heteroatoms. The van der Waals surface area contributed by atoms with Crippen molar-refractivity contribution in [3.63, 3.8) is 0 Å². The number of nitrogens with zero attached hydrogens (tertiary/aromatic N) is 5. The van der Waals surface area contributed by atoms with Gasteiger partial charge in [0.05, 0.1) is 19.8 Å². The average Bonchev–Trinajstić information content (AvgIpc) is 3.09. The van der Waals surface area contributed by atoms with Crippen LogP contribution in [0.2, 0.25) is 0 Å². The molecule has 0 aromatic carbocycles. The van der Waals surface area contributed by atoms with Crippen LogP contribution in [0.4, 0.5) is 0 Å². The molecule has 0 atom stereocenters. The van der Waals surface area contributed by atoms with E-state index < -0.39 is 5.69 Å². The Labute approximate surface area is 144 Å². The zero-order valence-electron chi connectivity index (χ0n) is 15.2. The van der Waals surface area contributed by atoms with Crippen molar-refractivity contribution >= 4 is 16.9 Å². The van der Waals surface area contributed by atoms with E-state index in [1.54, 1.807) is 14.2 Å². The lowest BCUT2D eigenvalue weighted by molar-refractivity contribution is 0.184. The molecule has 0 spiro atoms. The molecule has 25 heavy (non-hydrogen) atoms. The van der Waals surface area contributed by atoms with E-state index in [1.807, 2.05) is 22.8 Å². The van der Waals surface area contributed by atoms with Crippen molar-refractivity contribution in [2.75, 3.05) is 27.4 Å². The maximum Gasteiger partial charge on any atom is 0.332 e. The van der Waals surface area contributed by atoms with Crippen LogP contribution in [0.5, 0.6) is 0 Å². The number of hydrogen-bond acceptors (Lipinski definition) is 5. The molecule has 0 aliphatic carbocycles. The largest absolute Gasteiger partial charge is 0.383 e. The molecule has 0 fully saturated rings. The van der Waals surface area contributed by atoms with E-state index in [0.29, 0.717) is 30.1 Å². The van der Waals surface area contributed by atoms with Crippen LogP contribution < -0.4 is 11.2 Å². The third kappa shape index (κ3) is 2.50. The van der Waals surface area contributed by atoms with E-state index in [9.17, 15) is 9.59 Å². The van der Waals surface area contributed by atoms with Gasteiger partial charge in [-0.05, 0) is 13.8 Å². The fourth-order valence-electron chi connectivity index (χ4n) is 3.15. The van der Waals surface area contributed by atoms with E-state index in [0.717, 1.165) is 11.4 Å². The van der Waals surface area contributed by atoms with Crippen LogP contribution in [0.1, 0.15) is 11.4 Å². The lowest BCUT2D eigenvalue weighted by atomic mass is 10.3. The number of aromatic nitrogens is 5. The average molecular weight is 349 g/mol. The SMILES string of the molecule is COCCn1c(=O)c2c(nc3n(CCOC)c(C)c(C)n23)n(C)c1=O. The van der Waals surface area contributed by atoms with Crippen LogP contribution in [-0.4, -0.2) is 50.5 Å². The van der Waals surface area contributed by atoms with Crippen LogP contribution in [-0.2, 0) is 29.6 Å². The van der Waals surface area contributed by atoms with Crippen molar-refractivity contribution in [2.45, 2.75) is 26.9 Å². The van der Waals surface area contributed by atoms with Crippen molar-refractivity contribution in [1.82, 2.24) is 23.1 Å². The van der Waals surface area contributed by atoms with Gasteiger partial charge in [0.2, 0.25) is 5.78 Å². The fourth-order valence-corrected chi connectivity index (χ4v) is 3.15. The van der Waals surface area contributed by atoms with Crippen LogP contribution in [0.15, 0.2) is 9.59 Å². The summed E-state index contributed by atoms with van der Waals surface area (Å²) in [6, 6.07) is 0. The maximum atomic E-state index is 13.0. The van der Waals surface area contributed by atoms with E-state index >= 15 is 0 Å². The standard InChI is InChI=1S/C16H23N5O4/c1-10-11(2)21-12-13(17-15(21)19(10)6-8-24-4)18(3)16(23)20(14(12)22)7-9-25-5/h6-9H2,1-5H3. The highest BCUT2D eigenvalue weighted by Crippen LogP contribution is 2.20. The first-order chi connectivity index (χ1) is 11.9. The Balaban J connectivity index is 2.40. The van der Waals surface area contributed by atoms with Gasteiger partial charge in [-0.1, -0.05) is 0 Å². The van der Waals surface area contributed by atoms with Crippen molar-refractivity contribution in [2.24, 2.45) is 7.05 Å². The third-order valence-electron chi connectivity index (χ3n) is 4.67. The van der Waals surface area contributed by atoms with E-state index in [1.165, 1.54) is 16.2 Å². The van der Waals surface area contributed by atoms with Gasteiger partial charge in [-0.25, -0.2) is 4.79 Å². The van der Waals surface area contributed by atoms with Crippen molar-refractivity contribution in [3.05, 3.63) is 32.2 Å². The Kier molecular flexibility index (Phi) is 4.53. The quantitative estimate of drug-likeness (QED) is 0.628. The number of rotatable bonds is 6. The molecular formula is C16H23N5O4. The van der Waals surface area contributed by atoms with Gasteiger partial charge in [0.25, 0.3) is 5.56 Å². The molecule has 0 radical (unpaired) electrons. The second kappa shape index (κ2) is 6.49. The van der Waals surface area contributed by atoms with Gasteiger partial charge in [-0.3, -0.25) is 18.3 Å². The molecule has 0 amide bonds. The highest BCUT2D eigenvalue weighted by atomic mass is 16.5. The maximum absolute atomic E-state index is 13.0. The smallest absolute Gasteiger partial charge is 0.332 e. The number of fused-ring (bicyclic) bond motifs is 3. The Morgan fingerprint density at radius 3 is 2.16 bits per heavy atom. The van der Waals surface area contributed by atoms with E-state index in [-0.39, 0.29) is 18.7 Å². The van der Waals surface area contributed by atoms with Gasteiger partial charge in [-0.2, -0.15) is 4.98 Å². The van der Waals surface area contributed by atoms with Gasteiger partial charge in [0, 0.05) is 39.2 Å². The van der Waals surface area contributed by atoms with Gasteiger partial charge < -0.3 is 14.0 Å². The summed E-state index contributed by atoms with van der Waals surface area (Å²) in [5.41, 5.74) is 1.97. The summed E-state index contributed by atoms with van der Waals surface area (Å²) in [5, 5.41) is 0. The lowest BCUT2D eigenvalue weighted by Gasteiger charge is -2.08. The summed E-state index contributed by atoms with van der Waals surface area (Å²) in [7, 11) is 4.80. The first kappa shape index (κ1) is 17.4. The molecule has 3 aromatic heterocycles. The molecule has 0 N–H and O–H groups in total. The minimum absolute atomic E-state index is 0.202. The van der Waals surface area contributed by atoms with Crippen LogP contribution in [0.25, 0.3) is 16.9 Å². The molecule has 0 saturated carbocycles. The molecule has 0 saturated heterocycles. The van der Waals surface area contributed by atoms with Crippen LogP contribution in [0.3, 0.4) is 0 Å². The summed E-state index contributed by atoms with van der Waals surface area (Å²) >= 11 is 0. The molecule has 3 aromatic rings. The summed E-state index contributed by atoms with van der Waals surface area (Å²) in [4.78, 5) is 30.1. The fraction of sp³-hybridized carbons (Fsp3) is 0.562. The van der Waals surface area contributed by atoms with E-state index in [2.05, 4.69) is 4.98 Å². The Morgan fingerprint density at radius 2 is 1.56 bits per heavy atom. The highest BCUT2D eigenvalue weighted by Gasteiger charge is 2.22. The van der Waals surface area contributed by atoms with Crippen LogP contribution in [0, 0.1) is 13.8 Å². The summed E-state index contributed by atoms with van der Waals surface area (Å²) < 4.78 is 16.6. The number of aryl methyl sites for hydroxylation is 2. The zero-order valence-corrected chi connectivity index (χ0v) is 15.2. The molecule has 0 aliphatic heterocycles. The zero-order chi connectivity index (χ0) is 18.3. The Bertz CT molecular complexity index is 1050. The second-order valence-electron chi connectivity index (χ2n) is 6.03. The number of imidazole rings is 2.